The molecule has 8 heteroatoms. The van der Waals surface area contributed by atoms with Gasteiger partial charge in [0.15, 0.2) is 11.7 Å². The highest BCUT2D eigenvalue weighted by molar-refractivity contribution is 6.04. The highest BCUT2D eigenvalue weighted by atomic mass is 16.3. The average molecular weight is 377 g/mol. The number of aromatic nitrogens is 1. The third kappa shape index (κ3) is 3.09. The topological polar surface area (TPSA) is 114 Å². The Morgan fingerprint density at radius 1 is 1.29 bits per heavy atom. The smallest absolute Gasteiger partial charge is 0.291 e. The van der Waals surface area contributed by atoms with Crippen LogP contribution >= 0.6 is 0 Å². The molecule has 1 unspecified atom stereocenters. The molecule has 1 atom stereocenters. The summed E-state index contributed by atoms with van der Waals surface area (Å²) in [6, 6.07) is 12.4. The van der Waals surface area contributed by atoms with E-state index >= 15 is 0 Å². The van der Waals surface area contributed by atoms with Crippen molar-refractivity contribution in [2.45, 2.75) is 18.9 Å². The van der Waals surface area contributed by atoms with Crippen LogP contribution in [-0.4, -0.2) is 34.7 Å². The third-order valence-corrected chi connectivity index (χ3v) is 4.79. The van der Waals surface area contributed by atoms with Gasteiger partial charge in [0.2, 0.25) is 5.91 Å². The van der Waals surface area contributed by atoms with Crippen LogP contribution in [0, 0.1) is 0 Å². The second kappa shape index (κ2) is 6.49. The molecule has 0 fully saturated rings. The Bertz CT molecular complexity index is 1090. The Hall–Kier alpha value is -3.68. The Labute approximate surface area is 161 Å². The van der Waals surface area contributed by atoms with E-state index in [4.69, 9.17) is 10.2 Å². The van der Waals surface area contributed by atoms with Gasteiger partial charge >= 0.3 is 0 Å². The zero-order valence-corrected chi connectivity index (χ0v) is 15.5. The molecule has 3 heterocycles. The number of amides is 2. The van der Waals surface area contributed by atoms with Crippen molar-refractivity contribution in [3.8, 4) is 0 Å². The number of carbonyl (C=O) groups is 2. The Kier molecular flexibility index (Phi) is 4.11. The van der Waals surface area contributed by atoms with E-state index in [0.717, 1.165) is 5.39 Å². The fourth-order valence-electron chi connectivity index (χ4n) is 3.15. The van der Waals surface area contributed by atoms with Crippen LogP contribution in [0.2, 0.25) is 0 Å². The summed E-state index contributed by atoms with van der Waals surface area (Å²) in [4.78, 5) is 34.8. The molecule has 0 saturated heterocycles. The number of nitrogens with zero attached hydrogens (tertiary/aromatic N) is 3. The van der Waals surface area contributed by atoms with Gasteiger partial charge in [-0.15, -0.1) is 0 Å². The van der Waals surface area contributed by atoms with Gasteiger partial charge in [0.05, 0.1) is 12.1 Å². The molecule has 0 aliphatic carbocycles. The lowest BCUT2D eigenvalue weighted by Gasteiger charge is -2.32. The van der Waals surface area contributed by atoms with Gasteiger partial charge in [-0.25, -0.2) is 4.99 Å². The lowest BCUT2D eigenvalue weighted by molar-refractivity contribution is -0.128. The van der Waals surface area contributed by atoms with Gasteiger partial charge in [-0.2, -0.15) is 0 Å². The molecule has 2 aromatic heterocycles. The normalized spacial score (nSPS) is 19.6. The number of carbonyl (C=O) groups excluding carboxylic acids is 2. The van der Waals surface area contributed by atoms with Crippen LogP contribution in [0.3, 0.4) is 0 Å². The predicted molar refractivity (Wildman–Crippen MR) is 105 cm³/mol. The van der Waals surface area contributed by atoms with Crippen molar-refractivity contribution in [2.24, 2.45) is 10.7 Å². The van der Waals surface area contributed by atoms with E-state index in [9.17, 15) is 9.59 Å². The standard InChI is InChI=1S/C20H19N5O3/c1-20(11-17(26)25(2)19(21)24-20)16-10-13(7-8-22-16)23-18(27)15-9-12-5-3-4-6-14(12)28-15/h3-10H,11H2,1-2H3,(H2,21,24)(H,22,23,27). The van der Waals surface area contributed by atoms with E-state index in [0.29, 0.717) is 17.0 Å². The summed E-state index contributed by atoms with van der Waals surface area (Å²) >= 11 is 0. The van der Waals surface area contributed by atoms with Gasteiger partial charge in [0, 0.05) is 24.3 Å². The van der Waals surface area contributed by atoms with Gasteiger partial charge in [-0.1, -0.05) is 18.2 Å². The number of para-hydroxylation sites is 1. The van der Waals surface area contributed by atoms with Crippen LogP contribution in [0.5, 0.6) is 0 Å². The first-order chi connectivity index (χ1) is 13.4. The molecule has 2 amide bonds. The lowest BCUT2D eigenvalue weighted by atomic mass is 9.91. The molecule has 0 saturated carbocycles. The van der Waals surface area contributed by atoms with Crippen molar-refractivity contribution in [2.75, 3.05) is 12.4 Å². The molecule has 3 N–H and O–H groups in total. The highest BCUT2D eigenvalue weighted by Gasteiger charge is 2.37. The molecule has 1 aliphatic rings. The summed E-state index contributed by atoms with van der Waals surface area (Å²) in [5.41, 5.74) is 6.67. The molecule has 0 radical (unpaired) electrons. The van der Waals surface area contributed by atoms with E-state index in [1.807, 2.05) is 18.2 Å². The number of hydrogen-bond acceptors (Lipinski definition) is 6. The molecule has 1 aliphatic heterocycles. The highest BCUT2D eigenvalue weighted by Crippen LogP contribution is 2.32. The lowest BCUT2D eigenvalue weighted by Crippen LogP contribution is -2.47. The average Bonchev–Trinajstić information content (AvgIpc) is 3.11. The number of nitrogens with two attached hydrogens (primary N) is 1. The van der Waals surface area contributed by atoms with Crippen molar-refractivity contribution >= 4 is 34.4 Å². The molecule has 3 aromatic rings. The van der Waals surface area contributed by atoms with E-state index in [1.54, 1.807) is 44.4 Å². The first-order valence-corrected chi connectivity index (χ1v) is 8.74. The van der Waals surface area contributed by atoms with Crippen LogP contribution < -0.4 is 11.1 Å². The van der Waals surface area contributed by atoms with Gasteiger partial charge in [-0.05, 0) is 31.2 Å². The van der Waals surface area contributed by atoms with Crippen molar-refractivity contribution < 1.29 is 14.0 Å². The molecule has 8 nitrogen and oxygen atoms in total. The number of hydrogen-bond donors (Lipinski definition) is 2. The summed E-state index contributed by atoms with van der Waals surface area (Å²) in [7, 11) is 1.58. The van der Waals surface area contributed by atoms with Crippen LogP contribution in [0.1, 0.15) is 29.6 Å². The third-order valence-electron chi connectivity index (χ3n) is 4.79. The summed E-state index contributed by atoms with van der Waals surface area (Å²) in [5, 5.41) is 3.65. The van der Waals surface area contributed by atoms with Crippen LogP contribution in [-0.2, 0) is 10.3 Å². The molecule has 0 bridgehead atoms. The van der Waals surface area contributed by atoms with E-state index in [1.165, 1.54) is 4.90 Å². The van der Waals surface area contributed by atoms with Crippen molar-refractivity contribution in [1.29, 1.82) is 0 Å². The van der Waals surface area contributed by atoms with Crippen molar-refractivity contribution in [3.63, 3.8) is 0 Å². The number of anilines is 1. The number of guanidine groups is 1. The number of aliphatic imine (C=N–C) groups is 1. The molecule has 28 heavy (non-hydrogen) atoms. The Balaban J connectivity index is 1.60. The van der Waals surface area contributed by atoms with Gasteiger partial charge in [0.25, 0.3) is 5.91 Å². The summed E-state index contributed by atoms with van der Waals surface area (Å²) in [6.45, 7) is 1.79. The quantitative estimate of drug-likeness (QED) is 0.728. The van der Waals surface area contributed by atoms with E-state index < -0.39 is 5.54 Å². The van der Waals surface area contributed by atoms with Crippen LogP contribution in [0.4, 0.5) is 5.69 Å². The maximum Gasteiger partial charge on any atom is 0.291 e. The molecular formula is C20H19N5O3. The van der Waals surface area contributed by atoms with Crippen LogP contribution in [0.25, 0.3) is 11.0 Å². The summed E-state index contributed by atoms with van der Waals surface area (Å²) < 4.78 is 5.59. The maximum atomic E-state index is 12.6. The number of nitrogens with one attached hydrogen (secondary N) is 1. The molecular weight excluding hydrogens is 358 g/mol. The minimum absolute atomic E-state index is 0.136. The fraction of sp³-hybridized carbons (Fsp3) is 0.200. The van der Waals surface area contributed by atoms with E-state index in [-0.39, 0.29) is 30.0 Å². The monoisotopic (exact) mass is 377 g/mol. The van der Waals surface area contributed by atoms with Gasteiger partial charge < -0.3 is 15.5 Å². The Morgan fingerprint density at radius 3 is 2.82 bits per heavy atom. The summed E-state index contributed by atoms with van der Waals surface area (Å²) in [6.07, 6.45) is 1.70. The van der Waals surface area contributed by atoms with Gasteiger partial charge in [0.1, 0.15) is 11.1 Å². The molecule has 1 aromatic carbocycles. The summed E-state index contributed by atoms with van der Waals surface area (Å²) in [5.74, 6) is -0.172. The zero-order chi connectivity index (χ0) is 19.9. The minimum Gasteiger partial charge on any atom is -0.451 e. The second-order valence-corrected chi connectivity index (χ2v) is 6.91. The second-order valence-electron chi connectivity index (χ2n) is 6.91. The first kappa shape index (κ1) is 17.7. The minimum atomic E-state index is -0.895. The van der Waals surface area contributed by atoms with Crippen LogP contribution in [0.15, 0.2) is 58.1 Å². The number of pyridine rings is 1. The Morgan fingerprint density at radius 2 is 2.07 bits per heavy atom. The zero-order valence-electron chi connectivity index (χ0n) is 15.5. The van der Waals surface area contributed by atoms with Crippen molar-refractivity contribution in [3.05, 3.63) is 60.1 Å². The first-order valence-electron chi connectivity index (χ1n) is 8.74. The maximum absolute atomic E-state index is 12.6. The SMILES string of the molecule is CN1C(=O)CC(C)(c2cc(NC(=O)c3cc4ccccc4o3)ccn2)N=C1N. The number of furan rings is 1. The number of rotatable bonds is 3. The molecule has 4 rings (SSSR count). The largest absolute Gasteiger partial charge is 0.451 e. The van der Waals surface area contributed by atoms with Gasteiger partial charge in [-0.3, -0.25) is 19.5 Å². The fourth-order valence-corrected chi connectivity index (χ4v) is 3.15. The molecule has 0 spiro atoms. The molecule has 142 valence electrons. The van der Waals surface area contributed by atoms with E-state index in [2.05, 4.69) is 15.3 Å². The number of fused-ring (bicyclic) bond motifs is 1. The van der Waals surface area contributed by atoms with Crippen molar-refractivity contribution in [1.82, 2.24) is 9.88 Å². The predicted octanol–water partition coefficient (Wildman–Crippen LogP) is 2.47. The number of benzene rings is 1.